The Kier molecular flexibility index (Phi) is 5.28. The summed E-state index contributed by atoms with van der Waals surface area (Å²) in [5, 5.41) is 22.8. The van der Waals surface area contributed by atoms with Gasteiger partial charge in [-0.05, 0) is 56.3 Å². The van der Waals surface area contributed by atoms with E-state index in [2.05, 4.69) is 19.0 Å². The third kappa shape index (κ3) is 3.82. The Morgan fingerprint density at radius 2 is 2.00 bits per heavy atom. The van der Waals surface area contributed by atoms with Crippen LogP contribution in [0, 0.1) is 11.8 Å². The van der Waals surface area contributed by atoms with Crippen molar-refractivity contribution < 1.29 is 19.5 Å². The van der Waals surface area contributed by atoms with Gasteiger partial charge in [-0.25, -0.2) is 0 Å². The fourth-order valence-electron chi connectivity index (χ4n) is 4.21. The highest BCUT2D eigenvalue weighted by Crippen LogP contribution is 2.52. The van der Waals surface area contributed by atoms with Crippen LogP contribution in [0.2, 0.25) is 0 Å². The maximum atomic E-state index is 11.2. The lowest BCUT2D eigenvalue weighted by Crippen LogP contribution is -2.23. The number of nitrogens with zero attached hydrogens (tertiary/aromatic N) is 1. The molecule has 0 aliphatic heterocycles. The zero-order chi connectivity index (χ0) is 17.3. The van der Waals surface area contributed by atoms with E-state index in [1.165, 1.54) is 12.0 Å². The Labute approximate surface area is 143 Å². The first-order valence-corrected chi connectivity index (χ1v) is 9.31. The minimum atomic E-state index is -0.847. The maximum Gasteiger partial charge on any atom is 0.304 e. The molecule has 1 heterocycles. The van der Waals surface area contributed by atoms with Gasteiger partial charge in [0.2, 0.25) is 0 Å². The normalized spacial score (nSPS) is 24.8. The third-order valence-electron chi connectivity index (χ3n) is 5.47. The minimum absolute atomic E-state index is 0.00684. The predicted octanol–water partition coefficient (Wildman–Crippen LogP) is 4.03. The van der Waals surface area contributed by atoms with Crippen LogP contribution in [-0.2, 0) is 4.79 Å². The predicted molar refractivity (Wildman–Crippen MR) is 90.1 cm³/mol. The molecular weight excluding hydrogens is 306 g/mol. The van der Waals surface area contributed by atoms with Gasteiger partial charge in [-0.1, -0.05) is 19.0 Å². The first kappa shape index (κ1) is 17.5. The van der Waals surface area contributed by atoms with Crippen LogP contribution in [0.15, 0.2) is 4.52 Å². The van der Waals surface area contributed by atoms with Crippen molar-refractivity contribution in [3.05, 3.63) is 17.0 Å². The van der Waals surface area contributed by atoms with Crippen molar-refractivity contribution in [2.45, 2.75) is 76.5 Å². The molecule has 0 bridgehead atoms. The molecule has 1 aromatic rings. The molecular formula is C19H29NO4. The molecule has 0 amide bonds. The standard InChI is InChI=1S/C19H29NO4/c1-11(2)7-12-8-15(9-12)19-17(13-3-4-13)18(20-24-19)14(5-6-21)10-16(22)23/h11-15,21H,3-10H2,1-2H3,(H,22,23)/t12?,14-,15?/m1/s1. The van der Waals surface area contributed by atoms with Crippen LogP contribution in [0.25, 0.3) is 0 Å². The van der Waals surface area contributed by atoms with Crippen LogP contribution in [0.5, 0.6) is 0 Å². The van der Waals surface area contributed by atoms with Crippen molar-refractivity contribution in [1.82, 2.24) is 5.16 Å². The van der Waals surface area contributed by atoms with E-state index in [9.17, 15) is 9.90 Å². The second-order valence-electron chi connectivity index (χ2n) is 8.09. The smallest absolute Gasteiger partial charge is 0.304 e. The Morgan fingerprint density at radius 3 is 2.54 bits per heavy atom. The highest BCUT2D eigenvalue weighted by Gasteiger charge is 2.41. The van der Waals surface area contributed by atoms with Crippen molar-refractivity contribution in [2.75, 3.05) is 6.61 Å². The van der Waals surface area contributed by atoms with Crippen molar-refractivity contribution >= 4 is 5.97 Å². The number of rotatable bonds is 9. The molecule has 24 heavy (non-hydrogen) atoms. The molecule has 0 spiro atoms. The SMILES string of the molecule is CC(C)CC1CC(c2onc([C@H](CCO)CC(=O)O)c2C2CC2)C1. The average molecular weight is 335 g/mol. The molecule has 134 valence electrons. The maximum absolute atomic E-state index is 11.2. The molecule has 0 unspecified atom stereocenters. The topological polar surface area (TPSA) is 83.6 Å². The number of aliphatic carboxylic acids is 1. The summed E-state index contributed by atoms with van der Waals surface area (Å²) in [5.41, 5.74) is 1.99. The lowest BCUT2D eigenvalue weighted by Gasteiger charge is -2.35. The molecule has 5 nitrogen and oxygen atoms in total. The zero-order valence-corrected chi connectivity index (χ0v) is 14.7. The molecule has 2 saturated carbocycles. The molecule has 5 heteroatoms. The van der Waals surface area contributed by atoms with E-state index in [1.807, 2.05) is 0 Å². The number of carboxylic acids is 1. The number of hydrogen-bond donors (Lipinski definition) is 2. The second-order valence-corrected chi connectivity index (χ2v) is 8.09. The summed E-state index contributed by atoms with van der Waals surface area (Å²) in [6.45, 7) is 4.51. The van der Waals surface area contributed by atoms with E-state index < -0.39 is 5.97 Å². The molecule has 2 aliphatic carbocycles. The summed E-state index contributed by atoms with van der Waals surface area (Å²) in [5.74, 6) is 2.37. The van der Waals surface area contributed by atoms with Gasteiger partial charge in [-0.15, -0.1) is 0 Å². The molecule has 2 N–H and O–H groups in total. The third-order valence-corrected chi connectivity index (χ3v) is 5.47. The van der Waals surface area contributed by atoms with E-state index in [4.69, 9.17) is 9.63 Å². The first-order valence-electron chi connectivity index (χ1n) is 9.31. The van der Waals surface area contributed by atoms with Crippen LogP contribution in [0.1, 0.15) is 93.6 Å². The lowest BCUT2D eigenvalue weighted by molar-refractivity contribution is -0.137. The van der Waals surface area contributed by atoms with E-state index in [1.54, 1.807) is 0 Å². The number of hydrogen-bond acceptors (Lipinski definition) is 4. The summed E-state index contributed by atoms with van der Waals surface area (Å²) in [4.78, 5) is 11.2. The van der Waals surface area contributed by atoms with Gasteiger partial charge >= 0.3 is 5.97 Å². The second kappa shape index (κ2) is 7.26. The van der Waals surface area contributed by atoms with Gasteiger partial charge in [0.25, 0.3) is 0 Å². The molecule has 1 aromatic heterocycles. The van der Waals surface area contributed by atoms with E-state index >= 15 is 0 Å². The van der Waals surface area contributed by atoms with Crippen molar-refractivity contribution in [1.29, 1.82) is 0 Å². The number of carboxylic acid groups (broad SMARTS) is 1. The monoisotopic (exact) mass is 335 g/mol. The van der Waals surface area contributed by atoms with Crippen LogP contribution < -0.4 is 0 Å². The van der Waals surface area contributed by atoms with Gasteiger partial charge in [-0.2, -0.15) is 0 Å². The molecule has 1 atom stereocenters. The summed E-state index contributed by atoms with van der Waals surface area (Å²) in [6.07, 6.45) is 6.31. The summed E-state index contributed by atoms with van der Waals surface area (Å²) >= 11 is 0. The van der Waals surface area contributed by atoms with Crippen LogP contribution in [0.3, 0.4) is 0 Å². The average Bonchev–Trinajstić information content (AvgIpc) is 3.21. The molecule has 0 aromatic carbocycles. The van der Waals surface area contributed by atoms with Crippen LogP contribution in [0.4, 0.5) is 0 Å². The van der Waals surface area contributed by atoms with Crippen LogP contribution in [-0.4, -0.2) is 27.9 Å². The zero-order valence-electron chi connectivity index (χ0n) is 14.7. The molecule has 0 radical (unpaired) electrons. The number of aliphatic hydroxyl groups is 1. The van der Waals surface area contributed by atoms with Gasteiger partial charge < -0.3 is 14.7 Å². The van der Waals surface area contributed by atoms with E-state index in [-0.39, 0.29) is 18.9 Å². The van der Waals surface area contributed by atoms with Gasteiger partial charge in [-0.3, -0.25) is 4.79 Å². The molecule has 2 aliphatic rings. The number of aromatic nitrogens is 1. The van der Waals surface area contributed by atoms with Crippen molar-refractivity contribution in [3.63, 3.8) is 0 Å². The Morgan fingerprint density at radius 1 is 1.29 bits per heavy atom. The van der Waals surface area contributed by atoms with Gasteiger partial charge in [0, 0.05) is 24.0 Å². The Bertz CT molecular complexity index is 570. The van der Waals surface area contributed by atoms with E-state index in [0.29, 0.717) is 18.3 Å². The quantitative estimate of drug-likeness (QED) is 0.712. The van der Waals surface area contributed by atoms with E-state index in [0.717, 1.165) is 49.0 Å². The Hall–Kier alpha value is -1.36. The summed E-state index contributed by atoms with van der Waals surface area (Å²) in [7, 11) is 0. The van der Waals surface area contributed by atoms with Crippen LogP contribution >= 0.6 is 0 Å². The molecule has 0 saturated heterocycles. The Balaban J connectivity index is 1.77. The highest BCUT2D eigenvalue weighted by atomic mass is 16.5. The van der Waals surface area contributed by atoms with Gasteiger partial charge in [0.1, 0.15) is 5.76 Å². The summed E-state index contributed by atoms with van der Waals surface area (Å²) < 4.78 is 5.74. The van der Waals surface area contributed by atoms with Crippen molar-refractivity contribution in [2.24, 2.45) is 11.8 Å². The van der Waals surface area contributed by atoms with Crippen molar-refractivity contribution in [3.8, 4) is 0 Å². The molecule has 3 rings (SSSR count). The fourth-order valence-corrected chi connectivity index (χ4v) is 4.21. The van der Waals surface area contributed by atoms with Gasteiger partial charge in [0.15, 0.2) is 0 Å². The summed E-state index contributed by atoms with van der Waals surface area (Å²) in [6, 6.07) is 0. The largest absolute Gasteiger partial charge is 0.481 e. The van der Waals surface area contributed by atoms with Gasteiger partial charge in [0.05, 0.1) is 12.1 Å². The minimum Gasteiger partial charge on any atom is -0.481 e. The number of carbonyl (C=O) groups is 1. The first-order chi connectivity index (χ1) is 11.5. The fraction of sp³-hybridized carbons (Fsp3) is 0.789. The molecule has 2 fully saturated rings. The lowest BCUT2D eigenvalue weighted by atomic mass is 9.69. The number of aliphatic hydroxyl groups excluding tert-OH is 1. The highest BCUT2D eigenvalue weighted by molar-refractivity contribution is 5.68.